The van der Waals surface area contributed by atoms with Crippen LogP contribution >= 0.6 is 0 Å². The molecule has 0 aromatic heterocycles. The fraction of sp³-hybridized carbons (Fsp3) is 0.923. The molecule has 1 saturated heterocycles. The first-order valence-electron chi connectivity index (χ1n) is 6.55. The van der Waals surface area contributed by atoms with Crippen LogP contribution in [-0.4, -0.2) is 25.7 Å². The number of piperidine rings is 1. The highest BCUT2D eigenvalue weighted by atomic mass is 16.5. The molecule has 1 fully saturated rings. The van der Waals surface area contributed by atoms with Gasteiger partial charge in [0.05, 0.1) is 6.61 Å². The van der Waals surface area contributed by atoms with Crippen LogP contribution in [0.15, 0.2) is 0 Å². The summed E-state index contributed by atoms with van der Waals surface area (Å²) >= 11 is 0. The predicted octanol–water partition coefficient (Wildman–Crippen LogP) is 2.36. The number of esters is 1. The molecule has 1 N–H and O–H groups in total. The van der Waals surface area contributed by atoms with E-state index in [0.29, 0.717) is 18.9 Å². The lowest BCUT2D eigenvalue weighted by Crippen LogP contribution is -2.27. The molecule has 0 amide bonds. The Balaban J connectivity index is 1.99. The second kappa shape index (κ2) is 7.66. The van der Waals surface area contributed by atoms with Gasteiger partial charge < -0.3 is 10.1 Å². The van der Waals surface area contributed by atoms with Crippen molar-refractivity contribution in [3.8, 4) is 0 Å². The Morgan fingerprint density at radius 3 is 2.69 bits per heavy atom. The minimum atomic E-state index is -0.0253. The van der Waals surface area contributed by atoms with Crippen molar-refractivity contribution in [2.45, 2.75) is 46.0 Å². The number of carbonyl (C=O) groups is 1. The summed E-state index contributed by atoms with van der Waals surface area (Å²) in [5.41, 5.74) is 0. The monoisotopic (exact) mass is 227 g/mol. The summed E-state index contributed by atoms with van der Waals surface area (Å²) in [5.74, 6) is 1.23. The van der Waals surface area contributed by atoms with Gasteiger partial charge in [0.2, 0.25) is 0 Å². The van der Waals surface area contributed by atoms with E-state index in [1.165, 1.54) is 19.3 Å². The van der Waals surface area contributed by atoms with E-state index in [2.05, 4.69) is 19.2 Å². The van der Waals surface area contributed by atoms with Gasteiger partial charge in [0.1, 0.15) is 0 Å². The van der Waals surface area contributed by atoms with E-state index in [4.69, 9.17) is 4.74 Å². The topological polar surface area (TPSA) is 38.3 Å². The van der Waals surface area contributed by atoms with Gasteiger partial charge in [-0.3, -0.25) is 4.79 Å². The summed E-state index contributed by atoms with van der Waals surface area (Å²) in [6.07, 6.45) is 5.29. The van der Waals surface area contributed by atoms with Gasteiger partial charge in [-0.2, -0.15) is 0 Å². The van der Waals surface area contributed by atoms with Crippen LogP contribution in [0.3, 0.4) is 0 Å². The molecular formula is C13H25NO2. The maximum atomic E-state index is 11.4. The van der Waals surface area contributed by atoms with Crippen LogP contribution in [0.25, 0.3) is 0 Å². The molecular weight excluding hydrogens is 202 g/mol. The molecule has 0 aliphatic carbocycles. The van der Waals surface area contributed by atoms with Gasteiger partial charge in [-0.05, 0) is 50.6 Å². The molecule has 0 spiro atoms. The molecule has 1 aliphatic heterocycles. The Morgan fingerprint density at radius 1 is 1.38 bits per heavy atom. The molecule has 1 heterocycles. The number of ether oxygens (including phenoxy) is 1. The standard InChI is InChI=1S/C13H25NO2/c1-11(2)10-16-13(15)5-3-4-12-6-8-14-9-7-12/h11-12,14H,3-10H2,1-2H3. The lowest BCUT2D eigenvalue weighted by Gasteiger charge is -2.22. The first-order valence-corrected chi connectivity index (χ1v) is 6.55. The van der Waals surface area contributed by atoms with Gasteiger partial charge in [-0.15, -0.1) is 0 Å². The van der Waals surface area contributed by atoms with Crippen molar-refractivity contribution in [2.24, 2.45) is 11.8 Å². The summed E-state index contributed by atoms with van der Waals surface area (Å²) in [6.45, 7) is 6.96. The van der Waals surface area contributed by atoms with Crippen LogP contribution in [0.5, 0.6) is 0 Å². The molecule has 16 heavy (non-hydrogen) atoms. The maximum absolute atomic E-state index is 11.4. The zero-order valence-corrected chi connectivity index (χ0v) is 10.6. The first-order chi connectivity index (χ1) is 7.68. The van der Waals surface area contributed by atoms with Gasteiger partial charge in [0.25, 0.3) is 0 Å². The van der Waals surface area contributed by atoms with Gasteiger partial charge in [-0.1, -0.05) is 13.8 Å². The minimum absolute atomic E-state index is 0.0253. The second-order valence-corrected chi connectivity index (χ2v) is 5.16. The molecule has 0 aromatic carbocycles. The molecule has 3 nitrogen and oxygen atoms in total. The SMILES string of the molecule is CC(C)COC(=O)CCCC1CCNCC1. The molecule has 0 bridgehead atoms. The van der Waals surface area contributed by atoms with Crippen LogP contribution in [-0.2, 0) is 9.53 Å². The maximum Gasteiger partial charge on any atom is 0.305 e. The fourth-order valence-electron chi connectivity index (χ4n) is 2.04. The minimum Gasteiger partial charge on any atom is -0.465 e. The molecule has 1 aliphatic rings. The molecule has 0 atom stereocenters. The van der Waals surface area contributed by atoms with E-state index < -0.39 is 0 Å². The van der Waals surface area contributed by atoms with Gasteiger partial charge in [-0.25, -0.2) is 0 Å². The van der Waals surface area contributed by atoms with E-state index in [0.717, 1.165) is 25.4 Å². The molecule has 0 aromatic rings. The van der Waals surface area contributed by atoms with Crippen molar-refractivity contribution in [1.82, 2.24) is 5.32 Å². The lowest BCUT2D eigenvalue weighted by atomic mass is 9.92. The Morgan fingerprint density at radius 2 is 2.06 bits per heavy atom. The quantitative estimate of drug-likeness (QED) is 0.708. The van der Waals surface area contributed by atoms with Gasteiger partial charge in [0, 0.05) is 6.42 Å². The Bertz CT molecular complexity index is 198. The molecule has 0 unspecified atom stereocenters. The third-order valence-corrected chi connectivity index (χ3v) is 3.03. The molecule has 3 heteroatoms. The molecule has 0 saturated carbocycles. The highest BCUT2D eigenvalue weighted by Gasteiger charge is 2.13. The summed E-state index contributed by atoms with van der Waals surface area (Å²) < 4.78 is 5.14. The highest BCUT2D eigenvalue weighted by molar-refractivity contribution is 5.69. The van der Waals surface area contributed by atoms with Crippen molar-refractivity contribution in [2.75, 3.05) is 19.7 Å². The number of nitrogens with one attached hydrogen (secondary N) is 1. The summed E-state index contributed by atoms with van der Waals surface area (Å²) in [7, 11) is 0. The van der Waals surface area contributed by atoms with E-state index in [9.17, 15) is 4.79 Å². The first kappa shape index (κ1) is 13.5. The predicted molar refractivity (Wildman–Crippen MR) is 65.2 cm³/mol. The van der Waals surface area contributed by atoms with Crippen LogP contribution in [0.2, 0.25) is 0 Å². The van der Waals surface area contributed by atoms with E-state index >= 15 is 0 Å². The average molecular weight is 227 g/mol. The van der Waals surface area contributed by atoms with Crippen LogP contribution in [0, 0.1) is 11.8 Å². The number of rotatable bonds is 6. The summed E-state index contributed by atoms with van der Waals surface area (Å²) in [6, 6.07) is 0. The average Bonchev–Trinajstić information content (AvgIpc) is 2.28. The van der Waals surface area contributed by atoms with Crippen LogP contribution in [0.1, 0.15) is 46.0 Å². The zero-order chi connectivity index (χ0) is 11.8. The molecule has 94 valence electrons. The second-order valence-electron chi connectivity index (χ2n) is 5.16. The lowest BCUT2D eigenvalue weighted by molar-refractivity contribution is -0.144. The number of hydrogen-bond acceptors (Lipinski definition) is 3. The van der Waals surface area contributed by atoms with Crippen LogP contribution < -0.4 is 5.32 Å². The van der Waals surface area contributed by atoms with Crippen molar-refractivity contribution in [3.63, 3.8) is 0 Å². The zero-order valence-electron chi connectivity index (χ0n) is 10.6. The van der Waals surface area contributed by atoms with E-state index in [-0.39, 0.29) is 5.97 Å². The Kier molecular flexibility index (Phi) is 6.46. The highest BCUT2D eigenvalue weighted by Crippen LogP contribution is 2.18. The van der Waals surface area contributed by atoms with Crippen molar-refractivity contribution >= 4 is 5.97 Å². The summed E-state index contributed by atoms with van der Waals surface area (Å²) in [4.78, 5) is 11.4. The normalized spacial score (nSPS) is 17.7. The van der Waals surface area contributed by atoms with Crippen molar-refractivity contribution in [1.29, 1.82) is 0 Å². The summed E-state index contributed by atoms with van der Waals surface area (Å²) in [5, 5.41) is 3.36. The molecule has 0 radical (unpaired) electrons. The number of carbonyl (C=O) groups excluding carboxylic acids is 1. The van der Waals surface area contributed by atoms with Gasteiger partial charge >= 0.3 is 5.97 Å². The van der Waals surface area contributed by atoms with Gasteiger partial charge in [0.15, 0.2) is 0 Å². The third-order valence-electron chi connectivity index (χ3n) is 3.03. The Labute approximate surface area is 98.9 Å². The number of hydrogen-bond donors (Lipinski definition) is 1. The molecule has 1 rings (SSSR count). The van der Waals surface area contributed by atoms with E-state index in [1.807, 2.05) is 0 Å². The Hall–Kier alpha value is -0.570. The van der Waals surface area contributed by atoms with Crippen molar-refractivity contribution < 1.29 is 9.53 Å². The van der Waals surface area contributed by atoms with Crippen LogP contribution in [0.4, 0.5) is 0 Å². The van der Waals surface area contributed by atoms with E-state index in [1.54, 1.807) is 0 Å². The third kappa shape index (κ3) is 6.11. The van der Waals surface area contributed by atoms with Crippen molar-refractivity contribution in [3.05, 3.63) is 0 Å². The fourth-order valence-corrected chi connectivity index (χ4v) is 2.04. The smallest absolute Gasteiger partial charge is 0.305 e. The largest absolute Gasteiger partial charge is 0.465 e.